The molecule has 0 unspecified atom stereocenters. The molecule has 0 aliphatic heterocycles. The van der Waals surface area contributed by atoms with E-state index in [1.54, 1.807) is 0 Å². The Morgan fingerprint density at radius 2 is 1.79 bits per heavy atom. The highest BCUT2D eigenvalue weighted by molar-refractivity contribution is 5.93. The number of hydrogen-bond acceptors (Lipinski definition) is 3. The van der Waals surface area contributed by atoms with E-state index in [2.05, 4.69) is 20.8 Å². The summed E-state index contributed by atoms with van der Waals surface area (Å²) in [5, 5.41) is 16.0. The van der Waals surface area contributed by atoms with Crippen molar-refractivity contribution in [2.45, 2.75) is 6.54 Å². The summed E-state index contributed by atoms with van der Waals surface area (Å²) in [5.41, 5.74) is 1.50. The third kappa shape index (κ3) is 2.77. The van der Waals surface area contributed by atoms with Crippen molar-refractivity contribution in [3.63, 3.8) is 0 Å². The fourth-order valence-electron chi connectivity index (χ4n) is 2.61. The number of amides is 2. The fourth-order valence-corrected chi connectivity index (χ4v) is 2.61. The number of rotatable bonds is 3. The van der Waals surface area contributed by atoms with Gasteiger partial charge in [-0.3, -0.25) is 4.40 Å². The van der Waals surface area contributed by atoms with Gasteiger partial charge >= 0.3 is 6.03 Å². The Bertz CT molecular complexity index is 1020. The highest BCUT2D eigenvalue weighted by Crippen LogP contribution is 2.18. The van der Waals surface area contributed by atoms with Gasteiger partial charge < -0.3 is 10.6 Å². The van der Waals surface area contributed by atoms with E-state index in [-0.39, 0.29) is 6.03 Å². The van der Waals surface area contributed by atoms with Gasteiger partial charge in [0.1, 0.15) is 0 Å². The van der Waals surface area contributed by atoms with E-state index < -0.39 is 0 Å². The maximum absolute atomic E-state index is 12.1. The molecular formula is C18H15N5O. The smallest absolute Gasteiger partial charge is 0.319 e. The van der Waals surface area contributed by atoms with Crippen LogP contribution in [0.3, 0.4) is 0 Å². The van der Waals surface area contributed by atoms with Gasteiger partial charge in [-0.1, -0.05) is 36.4 Å². The van der Waals surface area contributed by atoms with Gasteiger partial charge in [0.2, 0.25) is 0 Å². The molecule has 0 atom stereocenters. The summed E-state index contributed by atoms with van der Waals surface area (Å²) < 4.78 is 1.84. The zero-order chi connectivity index (χ0) is 16.4. The lowest BCUT2D eigenvalue weighted by Crippen LogP contribution is -2.28. The van der Waals surface area contributed by atoms with Gasteiger partial charge in [-0.05, 0) is 35.0 Å². The number of pyridine rings is 1. The molecule has 2 heterocycles. The van der Waals surface area contributed by atoms with E-state index in [1.165, 1.54) is 0 Å². The van der Waals surface area contributed by atoms with Crippen molar-refractivity contribution >= 4 is 28.1 Å². The minimum atomic E-state index is -0.280. The molecule has 0 saturated heterocycles. The van der Waals surface area contributed by atoms with Gasteiger partial charge in [0.15, 0.2) is 11.5 Å². The van der Waals surface area contributed by atoms with E-state index in [1.807, 2.05) is 71.3 Å². The van der Waals surface area contributed by atoms with E-state index in [0.717, 1.165) is 22.1 Å². The highest BCUT2D eigenvalue weighted by Gasteiger charge is 2.07. The van der Waals surface area contributed by atoms with Gasteiger partial charge in [-0.2, -0.15) is 0 Å². The van der Waals surface area contributed by atoms with E-state index in [9.17, 15) is 4.79 Å². The van der Waals surface area contributed by atoms with Crippen LogP contribution < -0.4 is 10.6 Å². The van der Waals surface area contributed by atoms with Crippen molar-refractivity contribution in [3.8, 4) is 0 Å². The van der Waals surface area contributed by atoms with Crippen LogP contribution in [-0.4, -0.2) is 20.6 Å². The van der Waals surface area contributed by atoms with Crippen LogP contribution in [0.25, 0.3) is 16.4 Å². The van der Waals surface area contributed by atoms with Crippen LogP contribution in [0.5, 0.6) is 0 Å². The average molecular weight is 317 g/mol. The number of anilines is 1. The molecule has 0 aliphatic rings. The summed E-state index contributed by atoms with van der Waals surface area (Å²) in [6, 6.07) is 19.2. The zero-order valence-electron chi connectivity index (χ0n) is 12.8. The van der Waals surface area contributed by atoms with Crippen LogP contribution in [-0.2, 0) is 6.54 Å². The first-order valence-corrected chi connectivity index (χ1v) is 7.62. The van der Waals surface area contributed by atoms with Gasteiger partial charge in [0.25, 0.3) is 0 Å². The number of urea groups is 1. The number of carbonyl (C=O) groups is 1. The number of fused-ring (bicyclic) bond motifs is 2. The molecule has 0 aliphatic carbocycles. The lowest BCUT2D eigenvalue weighted by molar-refractivity contribution is 0.251. The molecule has 4 aromatic rings. The molecule has 0 fully saturated rings. The zero-order valence-corrected chi connectivity index (χ0v) is 12.8. The summed E-state index contributed by atoms with van der Waals surface area (Å²) in [5.74, 6) is 0.680. The van der Waals surface area contributed by atoms with Crippen molar-refractivity contribution < 1.29 is 4.79 Å². The summed E-state index contributed by atoms with van der Waals surface area (Å²) in [4.78, 5) is 12.1. The van der Waals surface area contributed by atoms with Crippen molar-refractivity contribution in [1.29, 1.82) is 0 Å². The molecule has 24 heavy (non-hydrogen) atoms. The minimum Gasteiger partial charge on any atom is -0.331 e. The SMILES string of the molecule is O=C(NCc1nnc2ccccn12)Nc1ccc2ccccc2c1. The molecule has 4 rings (SSSR count). The first kappa shape index (κ1) is 14.2. The van der Waals surface area contributed by atoms with E-state index >= 15 is 0 Å². The molecular weight excluding hydrogens is 302 g/mol. The predicted molar refractivity (Wildman–Crippen MR) is 92.8 cm³/mol. The third-order valence-corrected chi connectivity index (χ3v) is 3.80. The molecule has 2 amide bonds. The molecule has 2 aromatic heterocycles. The summed E-state index contributed by atoms with van der Waals surface area (Å²) in [6.07, 6.45) is 1.87. The molecule has 0 spiro atoms. The number of benzene rings is 2. The molecule has 0 radical (unpaired) electrons. The number of aromatic nitrogens is 3. The lowest BCUT2D eigenvalue weighted by atomic mass is 10.1. The molecule has 0 saturated carbocycles. The second kappa shape index (κ2) is 6.00. The quantitative estimate of drug-likeness (QED) is 0.609. The maximum atomic E-state index is 12.1. The van der Waals surface area contributed by atoms with E-state index in [0.29, 0.717) is 12.4 Å². The second-order valence-corrected chi connectivity index (χ2v) is 5.41. The number of nitrogens with zero attached hydrogens (tertiary/aromatic N) is 3. The minimum absolute atomic E-state index is 0.280. The van der Waals surface area contributed by atoms with Crippen molar-refractivity contribution in [2.75, 3.05) is 5.32 Å². The van der Waals surface area contributed by atoms with Crippen LogP contribution in [0.1, 0.15) is 5.82 Å². The van der Waals surface area contributed by atoms with Gasteiger partial charge in [0, 0.05) is 11.9 Å². The fraction of sp³-hybridized carbons (Fsp3) is 0.0556. The molecule has 118 valence electrons. The Kier molecular flexibility index (Phi) is 3.55. The number of hydrogen-bond donors (Lipinski definition) is 2. The molecule has 0 bridgehead atoms. The maximum Gasteiger partial charge on any atom is 0.319 e. The van der Waals surface area contributed by atoms with Crippen molar-refractivity contribution in [2.24, 2.45) is 0 Å². The third-order valence-electron chi connectivity index (χ3n) is 3.80. The number of nitrogens with one attached hydrogen (secondary N) is 2. The van der Waals surface area contributed by atoms with Gasteiger partial charge in [0.05, 0.1) is 6.54 Å². The summed E-state index contributed by atoms with van der Waals surface area (Å²) >= 11 is 0. The largest absolute Gasteiger partial charge is 0.331 e. The number of carbonyl (C=O) groups excluding carboxylic acids is 1. The Labute approximate surface area is 138 Å². The normalized spacial score (nSPS) is 10.8. The van der Waals surface area contributed by atoms with Crippen molar-refractivity contribution in [3.05, 3.63) is 72.7 Å². The molecule has 6 heteroatoms. The van der Waals surface area contributed by atoms with Crippen LogP contribution >= 0.6 is 0 Å². The predicted octanol–water partition coefficient (Wildman–Crippen LogP) is 3.20. The summed E-state index contributed by atoms with van der Waals surface area (Å²) in [7, 11) is 0. The van der Waals surface area contributed by atoms with Gasteiger partial charge in [-0.15, -0.1) is 10.2 Å². The topological polar surface area (TPSA) is 71.3 Å². The Hall–Kier alpha value is -3.41. The lowest BCUT2D eigenvalue weighted by Gasteiger charge is -2.08. The standard InChI is InChI=1S/C18H15N5O/c24-18(19-12-17-22-21-16-7-3-4-10-23(16)17)20-15-9-8-13-5-1-2-6-14(13)11-15/h1-11H,12H2,(H2,19,20,24). The van der Waals surface area contributed by atoms with Crippen LogP contribution in [0, 0.1) is 0 Å². The molecule has 2 aromatic carbocycles. The second-order valence-electron chi connectivity index (χ2n) is 5.41. The first-order valence-electron chi connectivity index (χ1n) is 7.62. The Morgan fingerprint density at radius 3 is 2.71 bits per heavy atom. The van der Waals surface area contributed by atoms with Crippen LogP contribution in [0.2, 0.25) is 0 Å². The van der Waals surface area contributed by atoms with Crippen molar-refractivity contribution in [1.82, 2.24) is 19.9 Å². The molecule has 6 nitrogen and oxygen atoms in total. The monoisotopic (exact) mass is 317 g/mol. The Morgan fingerprint density at radius 1 is 0.958 bits per heavy atom. The van der Waals surface area contributed by atoms with Gasteiger partial charge in [-0.25, -0.2) is 4.79 Å². The average Bonchev–Trinajstić information content (AvgIpc) is 3.03. The van der Waals surface area contributed by atoms with E-state index in [4.69, 9.17) is 0 Å². The van der Waals surface area contributed by atoms with Crippen LogP contribution in [0.15, 0.2) is 66.9 Å². The summed E-state index contributed by atoms with van der Waals surface area (Å²) in [6.45, 7) is 0.296. The first-order chi connectivity index (χ1) is 11.8. The molecule has 2 N–H and O–H groups in total. The highest BCUT2D eigenvalue weighted by atomic mass is 16.2. The van der Waals surface area contributed by atoms with Crippen LogP contribution in [0.4, 0.5) is 10.5 Å². The Balaban J connectivity index is 1.44.